The number of carbonyl (C=O) groups excluding carboxylic acids is 1. The van der Waals surface area contributed by atoms with Gasteiger partial charge in [-0.15, -0.1) is 0 Å². The fourth-order valence-corrected chi connectivity index (χ4v) is 2.18. The summed E-state index contributed by atoms with van der Waals surface area (Å²) in [6.07, 6.45) is 1.70. The van der Waals surface area contributed by atoms with E-state index in [4.69, 9.17) is 4.42 Å². The molecule has 2 rings (SSSR count). The average molecular weight is 265 g/mol. The van der Waals surface area contributed by atoms with Crippen molar-refractivity contribution in [3.63, 3.8) is 0 Å². The molecule has 1 amide bonds. The zero-order valence-electron chi connectivity index (χ0n) is 11.8. The third kappa shape index (κ3) is 4.36. The highest BCUT2D eigenvalue weighted by Gasteiger charge is 2.21. The molecule has 2 heterocycles. The summed E-state index contributed by atoms with van der Waals surface area (Å²) < 4.78 is 5.34. The molecule has 106 valence electrons. The second kappa shape index (κ2) is 6.73. The van der Waals surface area contributed by atoms with Crippen LogP contribution in [0.15, 0.2) is 22.8 Å². The Hall–Kier alpha value is -1.33. The van der Waals surface area contributed by atoms with Gasteiger partial charge in [-0.3, -0.25) is 9.69 Å². The van der Waals surface area contributed by atoms with Crippen LogP contribution in [0.1, 0.15) is 19.6 Å². The van der Waals surface area contributed by atoms with Crippen LogP contribution in [0.2, 0.25) is 0 Å². The molecule has 0 saturated carbocycles. The Morgan fingerprint density at radius 1 is 1.37 bits per heavy atom. The lowest BCUT2D eigenvalue weighted by molar-refractivity contribution is -0.132. The molecule has 0 unspecified atom stereocenters. The lowest BCUT2D eigenvalue weighted by atomic mass is 10.3. The number of hydrogen-bond donors (Lipinski definition) is 1. The summed E-state index contributed by atoms with van der Waals surface area (Å²) >= 11 is 0. The number of carbonyl (C=O) groups is 1. The summed E-state index contributed by atoms with van der Waals surface area (Å²) in [5.74, 6) is 1.19. The second-order valence-corrected chi connectivity index (χ2v) is 5.27. The van der Waals surface area contributed by atoms with Crippen molar-refractivity contribution in [2.24, 2.45) is 0 Å². The van der Waals surface area contributed by atoms with E-state index >= 15 is 0 Å². The van der Waals surface area contributed by atoms with Crippen molar-refractivity contribution in [3.05, 3.63) is 24.2 Å². The molecule has 1 aliphatic rings. The monoisotopic (exact) mass is 265 g/mol. The van der Waals surface area contributed by atoms with E-state index in [2.05, 4.69) is 24.1 Å². The van der Waals surface area contributed by atoms with Gasteiger partial charge in [-0.1, -0.05) is 13.8 Å². The second-order valence-electron chi connectivity index (χ2n) is 5.27. The molecule has 0 bridgehead atoms. The van der Waals surface area contributed by atoms with Gasteiger partial charge >= 0.3 is 0 Å². The van der Waals surface area contributed by atoms with Crippen LogP contribution in [-0.2, 0) is 11.3 Å². The van der Waals surface area contributed by atoms with Crippen LogP contribution in [0.4, 0.5) is 0 Å². The van der Waals surface area contributed by atoms with Gasteiger partial charge in [0.2, 0.25) is 5.91 Å². The molecule has 1 aliphatic heterocycles. The quantitative estimate of drug-likeness (QED) is 0.860. The minimum absolute atomic E-state index is 0.200. The largest absolute Gasteiger partial charge is 0.468 e. The Balaban J connectivity index is 1.71. The molecule has 5 nitrogen and oxygen atoms in total. The number of rotatable bonds is 5. The SMILES string of the molecule is CC(C)NCC(=O)N1CCN(Cc2ccco2)CC1. The van der Waals surface area contributed by atoms with Crippen LogP contribution in [-0.4, -0.2) is 54.5 Å². The number of amides is 1. The molecule has 1 fully saturated rings. The number of nitrogens with zero attached hydrogens (tertiary/aromatic N) is 2. The van der Waals surface area contributed by atoms with Gasteiger partial charge in [0, 0.05) is 32.2 Å². The van der Waals surface area contributed by atoms with E-state index in [0.29, 0.717) is 12.6 Å². The summed E-state index contributed by atoms with van der Waals surface area (Å²) in [5.41, 5.74) is 0. The third-order valence-electron chi connectivity index (χ3n) is 3.35. The highest BCUT2D eigenvalue weighted by molar-refractivity contribution is 5.78. The summed E-state index contributed by atoms with van der Waals surface area (Å²) in [6.45, 7) is 8.80. The van der Waals surface area contributed by atoms with Crippen LogP contribution in [0.25, 0.3) is 0 Å². The Bertz CT molecular complexity index is 381. The zero-order chi connectivity index (χ0) is 13.7. The van der Waals surface area contributed by atoms with Gasteiger partial charge in [0.1, 0.15) is 5.76 Å². The van der Waals surface area contributed by atoms with E-state index in [1.165, 1.54) is 0 Å². The first kappa shape index (κ1) is 14.1. The smallest absolute Gasteiger partial charge is 0.236 e. The van der Waals surface area contributed by atoms with Gasteiger partial charge < -0.3 is 14.6 Å². The van der Waals surface area contributed by atoms with E-state index in [1.807, 2.05) is 17.0 Å². The van der Waals surface area contributed by atoms with Crippen molar-refractivity contribution >= 4 is 5.91 Å². The van der Waals surface area contributed by atoms with Crippen molar-refractivity contribution in [1.29, 1.82) is 0 Å². The fourth-order valence-electron chi connectivity index (χ4n) is 2.18. The lowest BCUT2D eigenvalue weighted by Crippen LogP contribution is -2.50. The summed E-state index contributed by atoms with van der Waals surface area (Å²) in [5, 5.41) is 3.17. The molecule has 0 aliphatic carbocycles. The molecular formula is C14H23N3O2. The van der Waals surface area contributed by atoms with E-state index in [1.54, 1.807) is 6.26 Å². The van der Waals surface area contributed by atoms with E-state index < -0.39 is 0 Å². The molecule has 5 heteroatoms. The van der Waals surface area contributed by atoms with Crippen molar-refractivity contribution in [2.75, 3.05) is 32.7 Å². The van der Waals surface area contributed by atoms with Crippen molar-refractivity contribution in [2.45, 2.75) is 26.4 Å². The van der Waals surface area contributed by atoms with E-state index in [-0.39, 0.29) is 5.91 Å². The Morgan fingerprint density at radius 2 is 2.11 bits per heavy atom. The number of hydrogen-bond acceptors (Lipinski definition) is 4. The van der Waals surface area contributed by atoms with Gasteiger partial charge in [0.05, 0.1) is 19.4 Å². The minimum Gasteiger partial charge on any atom is -0.468 e. The van der Waals surface area contributed by atoms with Gasteiger partial charge in [-0.2, -0.15) is 0 Å². The maximum absolute atomic E-state index is 12.0. The Kier molecular flexibility index (Phi) is 4.99. The normalized spacial score (nSPS) is 17.1. The standard InChI is InChI=1S/C14H23N3O2/c1-12(2)15-10-14(18)17-7-5-16(6-8-17)11-13-4-3-9-19-13/h3-4,9,12,15H,5-8,10-11H2,1-2H3. The molecule has 0 aromatic carbocycles. The molecule has 0 atom stereocenters. The topological polar surface area (TPSA) is 48.7 Å². The van der Waals surface area contributed by atoms with Crippen LogP contribution in [0, 0.1) is 0 Å². The summed E-state index contributed by atoms with van der Waals surface area (Å²) in [4.78, 5) is 16.2. The highest BCUT2D eigenvalue weighted by Crippen LogP contribution is 2.08. The Labute approximate surface area is 114 Å². The van der Waals surface area contributed by atoms with E-state index in [0.717, 1.165) is 38.5 Å². The highest BCUT2D eigenvalue weighted by atomic mass is 16.3. The van der Waals surface area contributed by atoms with Gasteiger partial charge in [0.15, 0.2) is 0 Å². The van der Waals surface area contributed by atoms with Crippen molar-refractivity contribution < 1.29 is 9.21 Å². The predicted molar refractivity (Wildman–Crippen MR) is 73.7 cm³/mol. The van der Waals surface area contributed by atoms with Crippen LogP contribution < -0.4 is 5.32 Å². The number of piperazine rings is 1. The fraction of sp³-hybridized carbons (Fsp3) is 0.643. The number of furan rings is 1. The summed E-state index contributed by atoms with van der Waals surface area (Å²) in [7, 11) is 0. The average Bonchev–Trinajstić information content (AvgIpc) is 2.89. The van der Waals surface area contributed by atoms with Gasteiger partial charge in [0.25, 0.3) is 0 Å². The molecule has 0 spiro atoms. The Morgan fingerprint density at radius 3 is 2.68 bits per heavy atom. The molecular weight excluding hydrogens is 242 g/mol. The van der Waals surface area contributed by atoms with Gasteiger partial charge in [-0.25, -0.2) is 0 Å². The van der Waals surface area contributed by atoms with Crippen LogP contribution in [0.5, 0.6) is 0 Å². The van der Waals surface area contributed by atoms with Crippen LogP contribution >= 0.6 is 0 Å². The molecule has 1 aromatic rings. The molecule has 1 N–H and O–H groups in total. The minimum atomic E-state index is 0.200. The first-order chi connectivity index (χ1) is 9.15. The van der Waals surface area contributed by atoms with Crippen LogP contribution in [0.3, 0.4) is 0 Å². The lowest BCUT2D eigenvalue weighted by Gasteiger charge is -2.34. The van der Waals surface area contributed by atoms with Crippen molar-refractivity contribution in [3.8, 4) is 0 Å². The molecule has 0 radical (unpaired) electrons. The summed E-state index contributed by atoms with van der Waals surface area (Å²) in [6, 6.07) is 4.25. The first-order valence-electron chi connectivity index (χ1n) is 6.91. The maximum Gasteiger partial charge on any atom is 0.236 e. The first-order valence-corrected chi connectivity index (χ1v) is 6.91. The maximum atomic E-state index is 12.0. The van der Waals surface area contributed by atoms with Crippen molar-refractivity contribution in [1.82, 2.24) is 15.1 Å². The van der Waals surface area contributed by atoms with E-state index in [9.17, 15) is 4.79 Å². The predicted octanol–water partition coefficient (Wildman–Crippen LogP) is 0.922. The molecule has 1 saturated heterocycles. The zero-order valence-corrected chi connectivity index (χ0v) is 11.8. The molecule has 19 heavy (non-hydrogen) atoms. The third-order valence-corrected chi connectivity index (χ3v) is 3.35. The molecule has 1 aromatic heterocycles. The van der Waals surface area contributed by atoms with Gasteiger partial charge in [-0.05, 0) is 12.1 Å². The number of nitrogens with one attached hydrogen (secondary N) is 1.